The van der Waals surface area contributed by atoms with Crippen molar-refractivity contribution in [1.82, 2.24) is 14.6 Å². The van der Waals surface area contributed by atoms with Crippen molar-refractivity contribution >= 4 is 17.6 Å². The highest BCUT2D eigenvalue weighted by atomic mass is 16.5. The molecule has 0 bridgehead atoms. The minimum atomic E-state index is -0.317. The maximum Gasteiger partial charge on any atom is 0.325 e. The number of nitrogens with zero attached hydrogens (tertiary/aromatic N) is 3. The molecule has 6 nitrogen and oxygen atoms in total. The summed E-state index contributed by atoms with van der Waals surface area (Å²) >= 11 is 0. The van der Waals surface area contributed by atoms with E-state index < -0.39 is 0 Å². The lowest BCUT2D eigenvalue weighted by molar-refractivity contribution is -0.140. The molecule has 0 radical (unpaired) electrons. The van der Waals surface area contributed by atoms with Crippen molar-refractivity contribution < 1.29 is 9.53 Å². The van der Waals surface area contributed by atoms with Crippen LogP contribution >= 0.6 is 0 Å². The van der Waals surface area contributed by atoms with Gasteiger partial charge in [-0.3, -0.25) is 4.79 Å². The van der Waals surface area contributed by atoms with E-state index in [2.05, 4.69) is 15.4 Å². The Hall–Kier alpha value is -2.11. The smallest absolute Gasteiger partial charge is 0.325 e. The van der Waals surface area contributed by atoms with Crippen molar-refractivity contribution in [3.63, 3.8) is 0 Å². The number of aromatic nitrogens is 3. The van der Waals surface area contributed by atoms with Gasteiger partial charge in [0.15, 0.2) is 5.65 Å². The van der Waals surface area contributed by atoms with E-state index in [0.29, 0.717) is 12.6 Å². The number of carbonyl (C=O) groups is 1. The number of hydrogen-bond donors (Lipinski definition) is 1. The van der Waals surface area contributed by atoms with E-state index >= 15 is 0 Å². The summed E-state index contributed by atoms with van der Waals surface area (Å²) in [4.78, 5) is 15.4. The summed E-state index contributed by atoms with van der Waals surface area (Å²) in [6.07, 6.45) is 0. The summed E-state index contributed by atoms with van der Waals surface area (Å²) in [5.41, 5.74) is 1.73. The minimum Gasteiger partial charge on any atom is -0.465 e. The lowest BCUT2D eigenvalue weighted by Crippen LogP contribution is -2.17. The van der Waals surface area contributed by atoms with E-state index in [0.717, 1.165) is 11.3 Å². The number of carbonyl (C=O) groups excluding carboxylic acids is 1. The molecule has 0 saturated heterocycles. The van der Waals surface area contributed by atoms with Crippen LogP contribution in [0.1, 0.15) is 12.6 Å². The number of fused-ring (bicyclic) bond motifs is 1. The minimum absolute atomic E-state index is 0.0732. The average molecular weight is 234 g/mol. The zero-order valence-electron chi connectivity index (χ0n) is 9.80. The number of aryl methyl sites for hydroxylation is 1. The Balaban J connectivity index is 2.10. The van der Waals surface area contributed by atoms with Crippen LogP contribution in [0.3, 0.4) is 0 Å². The van der Waals surface area contributed by atoms with Gasteiger partial charge in [-0.25, -0.2) is 4.52 Å². The molecule has 0 saturated carbocycles. The number of nitrogens with one attached hydrogen (secondary N) is 1. The number of esters is 1. The first-order chi connectivity index (χ1) is 8.20. The Kier molecular flexibility index (Phi) is 3.22. The van der Waals surface area contributed by atoms with E-state index in [1.165, 1.54) is 0 Å². The summed E-state index contributed by atoms with van der Waals surface area (Å²) in [5, 5.41) is 7.06. The van der Waals surface area contributed by atoms with Gasteiger partial charge in [0.05, 0.1) is 6.61 Å². The molecular weight excluding hydrogens is 220 g/mol. The lowest BCUT2D eigenvalue weighted by Gasteiger charge is -2.00. The molecule has 90 valence electrons. The zero-order valence-corrected chi connectivity index (χ0v) is 9.80. The molecule has 0 atom stereocenters. The Morgan fingerprint density at radius 3 is 3.06 bits per heavy atom. The molecule has 2 aromatic rings. The second-order valence-electron chi connectivity index (χ2n) is 3.53. The molecule has 17 heavy (non-hydrogen) atoms. The van der Waals surface area contributed by atoms with Gasteiger partial charge >= 0.3 is 5.97 Å². The number of hydrogen-bond acceptors (Lipinski definition) is 5. The molecule has 2 heterocycles. The number of rotatable bonds is 4. The SMILES string of the molecule is CCOC(=O)CNc1nc2cccc(C)n2n1. The van der Waals surface area contributed by atoms with E-state index in [1.54, 1.807) is 11.4 Å². The topological polar surface area (TPSA) is 68.5 Å². The molecular formula is C11H14N4O2. The van der Waals surface area contributed by atoms with Crippen LogP contribution in [0, 0.1) is 6.92 Å². The largest absolute Gasteiger partial charge is 0.465 e. The van der Waals surface area contributed by atoms with Crippen LogP contribution in [0.2, 0.25) is 0 Å². The fourth-order valence-electron chi connectivity index (χ4n) is 1.47. The number of anilines is 1. The molecule has 0 aliphatic rings. The maximum absolute atomic E-state index is 11.2. The standard InChI is InChI=1S/C11H14N4O2/c1-3-17-10(16)7-12-11-13-9-6-4-5-8(2)15(9)14-11/h4-6H,3,7H2,1-2H3,(H,12,14). The van der Waals surface area contributed by atoms with Crippen LogP contribution < -0.4 is 5.32 Å². The van der Waals surface area contributed by atoms with E-state index in [9.17, 15) is 4.79 Å². The summed E-state index contributed by atoms with van der Waals surface area (Å²) in [7, 11) is 0. The molecule has 2 aromatic heterocycles. The molecule has 0 spiro atoms. The molecule has 0 aliphatic heterocycles. The van der Waals surface area contributed by atoms with Crippen LogP contribution in [-0.4, -0.2) is 33.7 Å². The third kappa shape index (κ3) is 2.52. The van der Waals surface area contributed by atoms with Gasteiger partial charge in [0.25, 0.3) is 0 Å². The van der Waals surface area contributed by atoms with Crippen molar-refractivity contribution in [1.29, 1.82) is 0 Å². The highest BCUT2D eigenvalue weighted by Gasteiger charge is 2.06. The van der Waals surface area contributed by atoms with Gasteiger partial charge in [-0.15, -0.1) is 5.10 Å². The number of ether oxygens (including phenoxy) is 1. The summed E-state index contributed by atoms with van der Waals surface area (Å²) in [5.74, 6) is 0.107. The second-order valence-corrected chi connectivity index (χ2v) is 3.53. The molecule has 0 amide bonds. The molecule has 1 N–H and O–H groups in total. The average Bonchev–Trinajstić information content (AvgIpc) is 2.71. The van der Waals surface area contributed by atoms with Gasteiger partial charge in [-0.1, -0.05) is 6.07 Å². The number of pyridine rings is 1. The predicted molar refractivity (Wildman–Crippen MR) is 62.8 cm³/mol. The summed E-state index contributed by atoms with van der Waals surface area (Å²) in [6, 6.07) is 5.71. The normalized spacial score (nSPS) is 10.5. The summed E-state index contributed by atoms with van der Waals surface area (Å²) < 4.78 is 6.51. The molecule has 0 aliphatic carbocycles. The van der Waals surface area contributed by atoms with E-state index in [4.69, 9.17) is 4.74 Å². The highest BCUT2D eigenvalue weighted by molar-refractivity contribution is 5.74. The van der Waals surface area contributed by atoms with Crippen molar-refractivity contribution in [3.05, 3.63) is 23.9 Å². The molecule has 0 unspecified atom stereocenters. The first kappa shape index (κ1) is 11.4. The molecule has 2 rings (SSSR count). The predicted octanol–water partition coefficient (Wildman–Crippen LogP) is 1.01. The van der Waals surface area contributed by atoms with Gasteiger partial charge in [0, 0.05) is 5.69 Å². The van der Waals surface area contributed by atoms with Gasteiger partial charge in [-0.05, 0) is 26.0 Å². The van der Waals surface area contributed by atoms with Crippen LogP contribution in [0.4, 0.5) is 5.95 Å². The quantitative estimate of drug-likeness (QED) is 0.800. The Labute approximate surface area is 98.6 Å². The first-order valence-corrected chi connectivity index (χ1v) is 5.42. The summed E-state index contributed by atoms with van der Waals surface area (Å²) in [6.45, 7) is 4.16. The zero-order chi connectivity index (χ0) is 12.3. The first-order valence-electron chi connectivity index (χ1n) is 5.42. The monoisotopic (exact) mass is 234 g/mol. The third-order valence-electron chi connectivity index (χ3n) is 2.25. The van der Waals surface area contributed by atoms with Crippen molar-refractivity contribution in [3.8, 4) is 0 Å². The Morgan fingerprint density at radius 2 is 2.35 bits per heavy atom. The van der Waals surface area contributed by atoms with Gasteiger partial charge in [0.2, 0.25) is 5.95 Å². The maximum atomic E-state index is 11.2. The van der Waals surface area contributed by atoms with Gasteiger partial charge in [-0.2, -0.15) is 4.98 Å². The van der Waals surface area contributed by atoms with Crippen LogP contribution in [0.25, 0.3) is 5.65 Å². The molecule has 0 fully saturated rings. The van der Waals surface area contributed by atoms with Gasteiger partial charge < -0.3 is 10.1 Å². The molecule has 0 aromatic carbocycles. The lowest BCUT2D eigenvalue weighted by atomic mass is 10.4. The van der Waals surface area contributed by atoms with E-state index in [1.807, 2.05) is 25.1 Å². The van der Waals surface area contributed by atoms with Crippen molar-refractivity contribution in [2.75, 3.05) is 18.5 Å². The Morgan fingerprint density at radius 1 is 1.53 bits per heavy atom. The van der Waals surface area contributed by atoms with Crippen LogP contribution in [0.15, 0.2) is 18.2 Å². The van der Waals surface area contributed by atoms with Crippen LogP contribution in [0.5, 0.6) is 0 Å². The van der Waals surface area contributed by atoms with Crippen molar-refractivity contribution in [2.24, 2.45) is 0 Å². The Bertz CT molecular complexity index is 535. The second kappa shape index (κ2) is 4.82. The van der Waals surface area contributed by atoms with E-state index in [-0.39, 0.29) is 12.5 Å². The fourth-order valence-corrected chi connectivity index (χ4v) is 1.47. The third-order valence-corrected chi connectivity index (χ3v) is 2.25. The van der Waals surface area contributed by atoms with Crippen molar-refractivity contribution in [2.45, 2.75) is 13.8 Å². The van der Waals surface area contributed by atoms with Gasteiger partial charge in [0.1, 0.15) is 6.54 Å². The highest BCUT2D eigenvalue weighted by Crippen LogP contribution is 2.07. The fraction of sp³-hybridized carbons (Fsp3) is 0.364. The molecule has 6 heteroatoms. The van der Waals surface area contributed by atoms with Crippen LogP contribution in [-0.2, 0) is 9.53 Å².